The highest BCUT2D eigenvalue weighted by atomic mass is 16.5. The number of aryl methyl sites for hydroxylation is 1. The molecule has 1 aliphatic heterocycles. The summed E-state index contributed by atoms with van der Waals surface area (Å²) in [5.74, 6) is 0. The van der Waals surface area contributed by atoms with Gasteiger partial charge in [-0.1, -0.05) is 0 Å². The number of rotatable bonds is 2. The quantitative estimate of drug-likeness (QED) is 0.636. The van der Waals surface area contributed by atoms with Crippen LogP contribution in [0, 0.1) is 0 Å². The fourth-order valence-corrected chi connectivity index (χ4v) is 1.56. The molecule has 1 aliphatic rings. The van der Waals surface area contributed by atoms with Gasteiger partial charge in [0.15, 0.2) is 0 Å². The monoisotopic (exact) mass is 183 g/mol. The van der Waals surface area contributed by atoms with E-state index in [1.807, 2.05) is 0 Å². The summed E-state index contributed by atoms with van der Waals surface area (Å²) in [6.07, 6.45) is 3.90. The molecule has 1 unspecified atom stereocenters. The molecule has 1 fully saturated rings. The highest BCUT2D eigenvalue weighted by molar-refractivity contribution is 4.72. The van der Waals surface area contributed by atoms with Crippen molar-refractivity contribution < 1.29 is 4.74 Å². The zero-order valence-electron chi connectivity index (χ0n) is 7.64. The fourth-order valence-electron chi connectivity index (χ4n) is 1.56. The number of aromatic nitrogens is 3. The van der Waals surface area contributed by atoms with Gasteiger partial charge in [-0.3, -0.25) is 4.57 Å². The predicted octanol–water partition coefficient (Wildman–Crippen LogP) is -0.239. The van der Waals surface area contributed by atoms with Crippen LogP contribution in [-0.2, 0) is 18.3 Å². The van der Waals surface area contributed by atoms with Crippen LogP contribution < -0.4 is 5.69 Å². The van der Waals surface area contributed by atoms with Gasteiger partial charge >= 0.3 is 5.69 Å². The Morgan fingerprint density at radius 3 is 3.15 bits per heavy atom. The van der Waals surface area contributed by atoms with Crippen LogP contribution in [0.1, 0.15) is 12.8 Å². The van der Waals surface area contributed by atoms with Crippen molar-refractivity contribution >= 4 is 0 Å². The minimum atomic E-state index is -0.0736. The Balaban J connectivity index is 2.09. The molecule has 0 bridgehead atoms. The van der Waals surface area contributed by atoms with Gasteiger partial charge in [0.2, 0.25) is 0 Å². The first-order valence-electron chi connectivity index (χ1n) is 4.47. The van der Waals surface area contributed by atoms with E-state index in [1.165, 1.54) is 4.68 Å². The van der Waals surface area contributed by atoms with Gasteiger partial charge in [0.1, 0.15) is 6.33 Å². The molecule has 2 rings (SSSR count). The molecule has 1 saturated heterocycles. The lowest BCUT2D eigenvalue weighted by molar-refractivity contribution is 0.0960. The van der Waals surface area contributed by atoms with Crippen molar-refractivity contribution in [3.8, 4) is 0 Å². The average Bonchev–Trinajstić information content (AvgIpc) is 2.71. The Morgan fingerprint density at radius 1 is 1.77 bits per heavy atom. The van der Waals surface area contributed by atoms with E-state index in [2.05, 4.69) is 5.10 Å². The summed E-state index contributed by atoms with van der Waals surface area (Å²) in [5, 5.41) is 3.87. The van der Waals surface area contributed by atoms with E-state index < -0.39 is 0 Å². The summed E-state index contributed by atoms with van der Waals surface area (Å²) in [7, 11) is 1.65. The Kier molecular flexibility index (Phi) is 2.18. The summed E-state index contributed by atoms with van der Waals surface area (Å²) in [4.78, 5) is 11.4. The number of ether oxygens (including phenoxy) is 1. The smallest absolute Gasteiger partial charge is 0.345 e. The molecule has 0 aliphatic carbocycles. The lowest BCUT2D eigenvalue weighted by Crippen LogP contribution is -2.27. The van der Waals surface area contributed by atoms with Crippen molar-refractivity contribution in [1.82, 2.24) is 14.3 Å². The third kappa shape index (κ3) is 1.65. The SMILES string of the molecule is Cn1ncn(CC2CCCO2)c1=O. The highest BCUT2D eigenvalue weighted by Gasteiger charge is 2.17. The molecule has 5 nitrogen and oxygen atoms in total. The molecule has 0 N–H and O–H groups in total. The van der Waals surface area contributed by atoms with Crippen LogP contribution in [0.25, 0.3) is 0 Å². The van der Waals surface area contributed by atoms with Crippen LogP contribution in [-0.4, -0.2) is 27.1 Å². The maximum absolute atomic E-state index is 11.4. The normalized spacial score (nSPS) is 22.4. The lowest BCUT2D eigenvalue weighted by Gasteiger charge is -2.07. The molecule has 0 aromatic carbocycles. The predicted molar refractivity (Wildman–Crippen MR) is 46.4 cm³/mol. The molecule has 72 valence electrons. The molecule has 5 heteroatoms. The molecule has 1 aromatic heterocycles. The number of hydrogen-bond acceptors (Lipinski definition) is 3. The van der Waals surface area contributed by atoms with E-state index in [0.717, 1.165) is 19.4 Å². The zero-order valence-corrected chi connectivity index (χ0v) is 7.64. The van der Waals surface area contributed by atoms with Gasteiger partial charge in [-0.2, -0.15) is 5.10 Å². The Labute approximate surface area is 75.9 Å². The molecule has 1 aromatic rings. The molecule has 0 saturated carbocycles. The maximum atomic E-state index is 11.4. The Bertz CT molecular complexity index is 335. The lowest BCUT2D eigenvalue weighted by atomic mass is 10.2. The van der Waals surface area contributed by atoms with Crippen LogP contribution in [0.3, 0.4) is 0 Å². The first kappa shape index (κ1) is 8.50. The van der Waals surface area contributed by atoms with Gasteiger partial charge in [-0.25, -0.2) is 9.48 Å². The van der Waals surface area contributed by atoms with E-state index in [1.54, 1.807) is 17.9 Å². The second kappa shape index (κ2) is 3.33. The fraction of sp³-hybridized carbons (Fsp3) is 0.750. The van der Waals surface area contributed by atoms with E-state index in [0.29, 0.717) is 6.54 Å². The van der Waals surface area contributed by atoms with Crippen LogP contribution in [0.15, 0.2) is 11.1 Å². The van der Waals surface area contributed by atoms with Gasteiger partial charge in [0, 0.05) is 13.7 Å². The first-order valence-corrected chi connectivity index (χ1v) is 4.47. The second-order valence-electron chi connectivity index (χ2n) is 3.32. The van der Waals surface area contributed by atoms with Gasteiger partial charge in [-0.15, -0.1) is 0 Å². The molecular weight excluding hydrogens is 170 g/mol. The maximum Gasteiger partial charge on any atom is 0.345 e. The Hall–Kier alpha value is -1.10. The van der Waals surface area contributed by atoms with Crippen LogP contribution in [0.4, 0.5) is 0 Å². The molecule has 0 radical (unpaired) electrons. The van der Waals surface area contributed by atoms with Crippen molar-refractivity contribution in [3.05, 3.63) is 16.8 Å². The van der Waals surface area contributed by atoms with Crippen LogP contribution in [0.2, 0.25) is 0 Å². The Morgan fingerprint density at radius 2 is 2.62 bits per heavy atom. The van der Waals surface area contributed by atoms with Gasteiger partial charge in [0.25, 0.3) is 0 Å². The summed E-state index contributed by atoms with van der Waals surface area (Å²) in [6.45, 7) is 1.45. The molecule has 2 heterocycles. The molecule has 0 spiro atoms. The van der Waals surface area contributed by atoms with Crippen molar-refractivity contribution in [2.45, 2.75) is 25.5 Å². The summed E-state index contributed by atoms with van der Waals surface area (Å²) >= 11 is 0. The van der Waals surface area contributed by atoms with Gasteiger partial charge < -0.3 is 4.74 Å². The molecule has 0 amide bonds. The summed E-state index contributed by atoms with van der Waals surface area (Å²) < 4.78 is 8.35. The van der Waals surface area contributed by atoms with Crippen LogP contribution >= 0.6 is 0 Å². The van der Waals surface area contributed by atoms with E-state index >= 15 is 0 Å². The second-order valence-corrected chi connectivity index (χ2v) is 3.32. The van der Waals surface area contributed by atoms with Crippen molar-refractivity contribution in [2.75, 3.05) is 6.61 Å². The first-order chi connectivity index (χ1) is 6.27. The van der Waals surface area contributed by atoms with E-state index in [4.69, 9.17) is 4.74 Å². The summed E-state index contributed by atoms with van der Waals surface area (Å²) in [5.41, 5.74) is -0.0736. The number of nitrogens with zero attached hydrogens (tertiary/aromatic N) is 3. The summed E-state index contributed by atoms with van der Waals surface area (Å²) in [6, 6.07) is 0. The minimum Gasteiger partial charge on any atom is -0.376 e. The van der Waals surface area contributed by atoms with Crippen LogP contribution in [0.5, 0.6) is 0 Å². The molecular formula is C8H13N3O2. The highest BCUT2D eigenvalue weighted by Crippen LogP contribution is 2.12. The molecule has 13 heavy (non-hydrogen) atoms. The van der Waals surface area contributed by atoms with Crippen molar-refractivity contribution in [3.63, 3.8) is 0 Å². The average molecular weight is 183 g/mol. The van der Waals surface area contributed by atoms with E-state index in [-0.39, 0.29) is 11.8 Å². The largest absolute Gasteiger partial charge is 0.376 e. The minimum absolute atomic E-state index is 0.0736. The van der Waals surface area contributed by atoms with Gasteiger partial charge in [-0.05, 0) is 12.8 Å². The standard InChI is InChI=1S/C8H13N3O2/c1-10-8(12)11(6-9-10)5-7-3-2-4-13-7/h6-7H,2-5H2,1H3. The third-order valence-corrected chi connectivity index (χ3v) is 2.31. The van der Waals surface area contributed by atoms with Crippen molar-refractivity contribution in [2.24, 2.45) is 7.05 Å². The van der Waals surface area contributed by atoms with Crippen molar-refractivity contribution in [1.29, 1.82) is 0 Å². The van der Waals surface area contributed by atoms with E-state index in [9.17, 15) is 4.79 Å². The zero-order chi connectivity index (χ0) is 9.26. The topological polar surface area (TPSA) is 49.0 Å². The number of hydrogen-bond donors (Lipinski definition) is 0. The molecule has 1 atom stereocenters. The van der Waals surface area contributed by atoms with Gasteiger partial charge in [0.05, 0.1) is 12.6 Å². The third-order valence-electron chi connectivity index (χ3n) is 2.31.